The highest BCUT2D eigenvalue weighted by molar-refractivity contribution is 5.27. The van der Waals surface area contributed by atoms with Gasteiger partial charge in [-0.25, -0.2) is 4.98 Å². The Morgan fingerprint density at radius 3 is 2.72 bits per heavy atom. The second-order valence-corrected chi connectivity index (χ2v) is 5.59. The summed E-state index contributed by atoms with van der Waals surface area (Å²) in [6, 6.07) is 0.249. The Bertz CT molecular complexity index is 360. The normalized spacial score (nSPS) is 13.9. The lowest BCUT2D eigenvalue weighted by Gasteiger charge is -2.33. The van der Waals surface area contributed by atoms with Crippen LogP contribution in [0.4, 0.5) is 5.95 Å². The molecule has 104 valence electrons. The number of methoxy groups -OCH3 is 1. The van der Waals surface area contributed by atoms with Gasteiger partial charge in [0.15, 0.2) is 0 Å². The van der Waals surface area contributed by atoms with Crippen LogP contribution in [0.15, 0.2) is 12.4 Å². The lowest BCUT2D eigenvalue weighted by atomic mass is 10.0. The highest BCUT2D eigenvalue weighted by atomic mass is 16.5. The van der Waals surface area contributed by atoms with E-state index >= 15 is 0 Å². The molecule has 1 rings (SSSR count). The smallest absolute Gasteiger partial charge is 0.203 e. The van der Waals surface area contributed by atoms with Gasteiger partial charge in [-0.15, -0.1) is 0 Å². The van der Waals surface area contributed by atoms with Crippen LogP contribution in [-0.2, 0) is 11.3 Å². The maximum Gasteiger partial charge on any atom is 0.203 e. The average molecular weight is 254 g/mol. The van der Waals surface area contributed by atoms with Crippen molar-refractivity contribution in [3.8, 4) is 0 Å². The zero-order valence-corrected chi connectivity index (χ0v) is 12.4. The van der Waals surface area contributed by atoms with Crippen molar-refractivity contribution in [1.29, 1.82) is 0 Å². The van der Waals surface area contributed by atoms with Crippen LogP contribution in [0.1, 0.15) is 20.8 Å². The van der Waals surface area contributed by atoms with Crippen molar-refractivity contribution < 1.29 is 4.74 Å². The van der Waals surface area contributed by atoms with E-state index in [1.165, 1.54) is 0 Å². The Balaban J connectivity index is 2.71. The van der Waals surface area contributed by atoms with Crippen molar-refractivity contribution in [1.82, 2.24) is 14.5 Å². The van der Waals surface area contributed by atoms with E-state index < -0.39 is 0 Å². The Kier molecular flexibility index (Phi) is 5.16. The topological polar surface area (TPSA) is 42.3 Å². The third-order valence-electron chi connectivity index (χ3n) is 3.28. The van der Waals surface area contributed by atoms with Gasteiger partial charge in [-0.3, -0.25) is 0 Å². The van der Waals surface area contributed by atoms with Crippen molar-refractivity contribution in [2.45, 2.75) is 38.9 Å². The molecule has 0 saturated carbocycles. The number of likely N-dealkylation sites (N-methyl/N-ethyl adjacent to an activating group) is 1. The van der Waals surface area contributed by atoms with E-state index in [9.17, 15) is 0 Å². The van der Waals surface area contributed by atoms with Crippen molar-refractivity contribution in [2.75, 3.05) is 33.1 Å². The minimum atomic E-state index is 0.0849. The number of nitrogens with one attached hydrogen (secondary N) is 1. The first-order chi connectivity index (χ1) is 8.36. The molecule has 0 aliphatic rings. The summed E-state index contributed by atoms with van der Waals surface area (Å²) in [6.07, 6.45) is 3.83. The van der Waals surface area contributed by atoms with E-state index in [0.717, 1.165) is 12.5 Å². The fraction of sp³-hybridized carbons (Fsp3) is 0.769. The molecule has 1 unspecified atom stereocenters. The molecule has 5 nitrogen and oxygen atoms in total. The van der Waals surface area contributed by atoms with Gasteiger partial charge in [-0.2, -0.15) is 0 Å². The minimum Gasteiger partial charge on any atom is -0.383 e. The van der Waals surface area contributed by atoms with Gasteiger partial charge in [0.05, 0.1) is 6.61 Å². The Morgan fingerprint density at radius 2 is 2.17 bits per heavy atom. The van der Waals surface area contributed by atoms with Crippen LogP contribution in [0.25, 0.3) is 0 Å². The first kappa shape index (κ1) is 15.0. The molecular formula is C13H26N4O. The maximum absolute atomic E-state index is 5.12. The summed E-state index contributed by atoms with van der Waals surface area (Å²) in [5.41, 5.74) is 0.0849. The van der Waals surface area contributed by atoms with Gasteiger partial charge >= 0.3 is 0 Å². The number of anilines is 1. The predicted molar refractivity (Wildman–Crippen MR) is 75.0 cm³/mol. The zero-order valence-electron chi connectivity index (χ0n) is 12.4. The van der Waals surface area contributed by atoms with Gasteiger partial charge < -0.3 is 19.5 Å². The van der Waals surface area contributed by atoms with Crippen molar-refractivity contribution in [3.63, 3.8) is 0 Å². The van der Waals surface area contributed by atoms with E-state index in [1.54, 1.807) is 7.11 Å². The van der Waals surface area contributed by atoms with Gasteiger partial charge in [0.2, 0.25) is 5.95 Å². The quantitative estimate of drug-likeness (QED) is 0.804. The van der Waals surface area contributed by atoms with Gasteiger partial charge in [0.1, 0.15) is 0 Å². The van der Waals surface area contributed by atoms with Crippen molar-refractivity contribution in [3.05, 3.63) is 12.4 Å². The third kappa shape index (κ3) is 3.99. The van der Waals surface area contributed by atoms with Crippen molar-refractivity contribution in [2.24, 2.45) is 0 Å². The Labute approximate surface area is 110 Å². The van der Waals surface area contributed by atoms with Gasteiger partial charge in [-0.05, 0) is 34.9 Å². The number of aromatic nitrogens is 2. The molecule has 0 amide bonds. The van der Waals surface area contributed by atoms with E-state index in [-0.39, 0.29) is 11.6 Å². The van der Waals surface area contributed by atoms with Crippen LogP contribution in [0, 0.1) is 0 Å². The maximum atomic E-state index is 5.12. The highest BCUT2D eigenvalue weighted by Gasteiger charge is 2.22. The first-order valence-corrected chi connectivity index (χ1v) is 6.31. The molecule has 0 saturated heterocycles. The molecule has 0 aliphatic carbocycles. The van der Waals surface area contributed by atoms with Crippen LogP contribution < -0.4 is 5.32 Å². The summed E-state index contributed by atoms with van der Waals surface area (Å²) in [4.78, 5) is 6.58. The van der Waals surface area contributed by atoms with E-state index in [0.29, 0.717) is 6.61 Å². The summed E-state index contributed by atoms with van der Waals surface area (Å²) in [7, 11) is 5.90. The van der Waals surface area contributed by atoms with E-state index in [2.05, 4.69) is 54.6 Å². The molecule has 0 aliphatic heterocycles. The summed E-state index contributed by atoms with van der Waals surface area (Å²) < 4.78 is 7.27. The summed E-state index contributed by atoms with van der Waals surface area (Å²) in [5, 5.41) is 3.36. The number of hydrogen-bond donors (Lipinski definition) is 1. The van der Waals surface area contributed by atoms with Crippen LogP contribution in [0.5, 0.6) is 0 Å². The molecule has 0 fully saturated rings. The molecule has 1 aromatic heterocycles. The number of rotatable bonds is 7. The Hall–Kier alpha value is -1.07. The molecule has 0 aromatic carbocycles. The molecule has 5 heteroatoms. The molecule has 1 atom stereocenters. The van der Waals surface area contributed by atoms with Gasteiger partial charge in [0.25, 0.3) is 0 Å². The van der Waals surface area contributed by atoms with Gasteiger partial charge in [0, 0.05) is 37.6 Å². The lowest BCUT2D eigenvalue weighted by molar-refractivity contribution is 0.169. The van der Waals surface area contributed by atoms with Gasteiger partial charge in [-0.1, -0.05) is 0 Å². The second-order valence-electron chi connectivity index (χ2n) is 5.59. The minimum absolute atomic E-state index is 0.0849. The van der Waals surface area contributed by atoms with E-state index in [4.69, 9.17) is 4.74 Å². The molecule has 0 radical (unpaired) electrons. The average Bonchev–Trinajstić information content (AvgIpc) is 2.65. The summed E-state index contributed by atoms with van der Waals surface area (Å²) in [5.74, 6) is 0.898. The fourth-order valence-corrected chi connectivity index (χ4v) is 1.65. The fourth-order valence-electron chi connectivity index (χ4n) is 1.65. The summed E-state index contributed by atoms with van der Waals surface area (Å²) in [6.45, 7) is 8.08. The summed E-state index contributed by atoms with van der Waals surface area (Å²) >= 11 is 0. The van der Waals surface area contributed by atoms with Crippen LogP contribution in [0.2, 0.25) is 0 Å². The molecule has 0 bridgehead atoms. The molecular weight excluding hydrogens is 228 g/mol. The molecule has 1 N–H and O–H groups in total. The van der Waals surface area contributed by atoms with Crippen molar-refractivity contribution >= 4 is 5.95 Å². The molecule has 0 spiro atoms. The third-order valence-corrected chi connectivity index (χ3v) is 3.28. The predicted octanol–water partition coefficient (Wildman–Crippen LogP) is 1.67. The molecule has 1 heterocycles. The lowest BCUT2D eigenvalue weighted by Crippen LogP contribution is -2.42. The highest BCUT2D eigenvalue weighted by Crippen LogP contribution is 2.16. The largest absolute Gasteiger partial charge is 0.383 e. The number of nitrogens with zero attached hydrogens (tertiary/aromatic N) is 3. The number of hydrogen-bond acceptors (Lipinski definition) is 4. The molecule has 1 aromatic rings. The van der Waals surface area contributed by atoms with E-state index in [1.807, 2.05) is 12.4 Å². The number of imidazole rings is 1. The van der Waals surface area contributed by atoms with Crippen LogP contribution >= 0.6 is 0 Å². The van der Waals surface area contributed by atoms with Crippen LogP contribution in [-0.4, -0.2) is 53.8 Å². The SMILES string of the molecule is COCC(C)Nc1nccn1CC(C)(C)N(C)C. The Morgan fingerprint density at radius 1 is 1.50 bits per heavy atom. The first-order valence-electron chi connectivity index (χ1n) is 6.31. The zero-order chi connectivity index (χ0) is 13.8. The monoisotopic (exact) mass is 254 g/mol. The second kappa shape index (κ2) is 6.20. The molecule has 18 heavy (non-hydrogen) atoms. The number of ether oxygens (including phenoxy) is 1. The van der Waals surface area contributed by atoms with Crippen LogP contribution in [0.3, 0.4) is 0 Å². The standard InChI is InChI=1S/C13H26N4O/c1-11(9-18-6)15-12-14-7-8-17(12)10-13(2,3)16(4)5/h7-8,11H,9-10H2,1-6H3,(H,14,15).